The van der Waals surface area contributed by atoms with Crippen LogP contribution in [0.2, 0.25) is 0 Å². The third-order valence-corrected chi connectivity index (χ3v) is 4.69. The number of aliphatic imine (C=N–C) groups is 1. The third-order valence-electron chi connectivity index (χ3n) is 4.69. The molecule has 3 atom stereocenters. The largest absolute Gasteiger partial charge is 0.377 e. The molecule has 0 radical (unpaired) electrons. The van der Waals surface area contributed by atoms with Gasteiger partial charge in [-0.15, -0.1) is 0 Å². The molecule has 2 saturated heterocycles. The number of rotatable bonds is 7. The quantitative estimate of drug-likeness (QED) is 0.596. The van der Waals surface area contributed by atoms with E-state index in [0.29, 0.717) is 31.4 Å². The van der Waals surface area contributed by atoms with Gasteiger partial charge in [0.1, 0.15) is 0 Å². The van der Waals surface area contributed by atoms with Crippen molar-refractivity contribution in [1.29, 1.82) is 0 Å². The average molecular weight is 331 g/mol. The van der Waals surface area contributed by atoms with Crippen LogP contribution >= 0.6 is 0 Å². The molecule has 1 aromatic rings. The molecule has 24 heavy (non-hydrogen) atoms. The first kappa shape index (κ1) is 17.2. The topological polar surface area (TPSA) is 54.9 Å². The highest BCUT2D eigenvalue weighted by molar-refractivity contribution is 5.80. The molecule has 2 aliphatic heterocycles. The van der Waals surface area contributed by atoms with Gasteiger partial charge in [-0.3, -0.25) is 0 Å². The van der Waals surface area contributed by atoms with Crippen LogP contribution in [0.3, 0.4) is 0 Å². The van der Waals surface area contributed by atoms with Crippen molar-refractivity contribution < 1.29 is 9.47 Å². The zero-order chi connectivity index (χ0) is 16.8. The van der Waals surface area contributed by atoms with Gasteiger partial charge in [-0.25, -0.2) is 4.99 Å². The molecule has 2 aliphatic rings. The molecule has 132 valence electrons. The van der Waals surface area contributed by atoms with Crippen molar-refractivity contribution in [3.8, 4) is 0 Å². The summed E-state index contributed by atoms with van der Waals surface area (Å²) in [7, 11) is 0. The standard InChI is InChI=1S/C19H29N3O2/c1-3-20-19(22-17-11-16-9-10-18(17)24-16)21-12-14-5-7-15(8-6-14)13-23-4-2/h5-8,16-18H,3-4,9-13H2,1-2H3,(H2,20,21,22). The maximum absolute atomic E-state index is 5.91. The lowest BCUT2D eigenvalue weighted by molar-refractivity contribution is 0.0992. The van der Waals surface area contributed by atoms with Gasteiger partial charge in [0.25, 0.3) is 0 Å². The van der Waals surface area contributed by atoms with Crippen molar-refractivity contribution in [2.75, 3.05) is 13.2 Å². The van der Waals surface area contributed by atoms with Gasteiger partial charge in [-0.05, 0) is 44.2 Å². The maximum atomic E-state index is 5.91. The number of hydrogen-bond donors (Lipinski definition) is 2. The summed E-state index contributed by atoms with van der Waals surface area (Å²) in [5.41, 5.74) is 2.41. The highest BCUT2D eigenvalue weighted by atomic mass is 16.5. The zero-order valence-corrected chi connectivity index (χ0v) is 14.8. The molecule has 0 spiro atoms. The summed E-state index contributed by atoms with van der Waals surface area (Å²) in [5, 5.41) is 6.89. The van der Waals surface area contributed by atoms with Gasteiger partial charge >= 0.3 is 0 Å². The molecule has 3 rings (SSSR count). The Labute approximate surface area is 144 Å². The van der Waals surface area contributed by atoms with Gasteiger partial charge in [0.2, 0.25) is 0 Å². The third kappa shape index (κ3) is 4.48. The van der Waals surface area contributed by atoms with Crippen molar-refractivity contribution >= 4 is 5.96 Å². The second-order valence-corrected chi connectivity index (χ2v) is 6.51. The predicted octanol–water partition coefficient (Wildman–Crippen LogP) is 2.60. The lowest BCUT2D eigenvalue weighted by Crippen LogP contribution is -2.47. The van der Waals surface area contributed by atoms with Crippen molar-refractivity contribution in [3.63, 3.8) is 0 Å². The van der Waals surface area contributed by atoms with Gasteiger partial charge in [-0.1, -0.05) is 24.3 Å². The molecule has 0 saturated carbocycles. The van der Waals surface area contributed by atoms with Crippen molar-refractivity contribution in [3.05, 3.63) is 35.4 Å². The number of ether oxygens (including phenoxy) is 2. The normalized spacial score (nSPS) is 25.9. The summed E-state index contributed by atoms with van der Waals surface area (Å²) < 4.78 is 11.3. The Balaban J connectivity index is 1.55. The fourth-order valence-electron chi connectivity index (χ4n) is 3.42. The van der Waals surface area contributed by atoms with Crippen LogP contribution in [-0.2, 0) is 22.6 Å². The van der Waals surface area contributed by atoms with E-state index in [1.807, 2.05) is 6.92 Å². The molecule has 2 heterocycles. The first-order chi connectivity index (χ1) is 11.8. The van der Waals surface area contributed by atoms with E-state index in [9.17, 15) is 0 Å². The molecule has 5 nitrogen and oxygen atoms in total. The molecule has 1 aromatic carbocycles. The van der Waals surface area contributed by atoms with E-state index < -0.39 is 0 Å². The molecular weight excluding hydrogens is 302 g/mol. The van der Waals surface area contributed by atoms with E-state index in [1.54, 1.807) is 0 Å². The summed E-state index contributed by atoms with van der Waals surface area (Å²) in [6.07, 6.45) is 4.29. The second kappa shape index (κ2) is 8.49. The second-order valence-electron chi connectivity index (χ2n) is 6.51. The van der Waals surface area contributed by atoms with E-state index >= 15 is 0 Å². The van der Waals surface area contributed by atoms with Crippen LogP contribution in [0.15, 0.2) is 29.3 Å². The monoisotopic (exact) mass is 331 g/mol. The summed E-state index contributed by atoms with van der Waals surface area (Å²) >= 11 is 0. The van der Waals surface area contributed by atoms with Crippen molar-refractivity contribution in [1.82, 2.24) is 10.6 Å². The van der Waals surface area contributed by atoms with Crippen molar-refractivity contribution in [2.45, 2.75) is 64.5 Å². The fraction of sp³-hybridized carbons (Fsp3) is 0.632. The Bertz CT molecular complexity index is 544. The van der Waals surface area contributed by atoms with Crippen LogP contribution in [0.5, 0.6) is 0 Å². The van der Waals surface area contributed by atoms with Gasteiger partial charge < -0.3 is 20.1 Å². The van der Waals surface area contributed by atoms with Gasteiger partial charge in [0, 0.05) is 13.2 Å². The first-order valence-corrected chi connectivity index (χ1v) is 9.14. The minimum Gasteiger partial charge on any atom is -0.377 e. The number of nitrogens with one attached hydrogen (secondary N) is 2. The smallest absolute Gasteiger partial charge is 0.191 e. The molecule has 0 amide bonds. The average Bonchev–Trinajstić information content (AvgIpc) is 3.22. The molecule has 2 N–H and O–H groups in total. The Morgan fingerprint density at radius 1 is 1.21 bits per heavy atom. The lowest BCUT2D eigenvalue weighted by atomic mass is 9.96. The Morgan fingerprint density at radius 2 is 2.00 bits per heavy atom. The Kier molecular flexibility index (Phi) is 6.10. The van der Waals surface area contributed by atoms with Crippen LogP contribution < -0.4 is 10.6 Å². The minimum absolute atomic E-state index is 0.358. The molecule has 0 aliphatic carbocycles. The molecule has 0 aromatic heterocycles. The summed E-state index contributed by atoms with van der Waals surface area (Å²) in [6.45, 7) is 7.06. The molecule has 5 heteroatoms. The van der Waals surface area contributed by atoms with Gasteiger partial charge in [0.15, 0.2) is 5.96 Å². The zero-order valence-electron chi connectivity index (χ0n) is 14.8. The maximum Gasteiger partial charge on any atom is 0.191 e. The van der Waals surface area contributed by atoms with E-state index in [1.165, 1.54) is 24.0 Å². The summed E-state index contributed by atoms with van der Waals surface area (Å²) in [4.78, 5) is 4.73. The number of nitrogens with zero attached hydrogens (tertiary/aromatic N) is 1. The highest BCUT2D eigenvalue weighted by Gasteiger charge is 2.41. The Morgan fingerprint density at radius 3 is 2.62 bits per heavy atom. The minimum atomic E-state index is 0.358. The van der Waals surface area contributed by atoms with E-state index in [4.69, 9.17) is 14.5 Å². The number of hydrogen-bond acceptors (Lipinski definition) is 3. The lowest BCUT2D eigenvalue weighted by Gasteiger charge is -2.22. The molecular formula is C19H29N3O2. The summed E-state index contributed by atoms with van der Waals surface area (Å²) in [6, 6.07) is 8.88. The number of fused-ring (bicyclic) bond motifs is 2. The van der Waals surface area contributed by atoms with Crippen LogP contribution in [0, 0.1) is 0 Å². The fourth-order valence-corrected chi connectivity index (χ4v) is 3.42. The van der Waals surface area contributed by atoms with E-state index in [2.05, 4.69) is 41.8 Å². The molecule has 2 fully saturated rings. The number of benzene rings is 1. The van der Waals surface area contributed by atoms with Gasteiger partial charge in [-0.2, -0.15) is 0 Å². The van der Waals surface area contributed by atoms with Crippen LogP contribution in [0.4, 0.5) is 0 Å². The molecule has 2 bridgehead atoms. The highest BCUT2D eigenvalue weighted by Crippen LogP contribution is 2.34. The molecule has 3 unspecified atom stereocenters. The predicted molar refractivity (Wildman–Crippen MR) is 96.0 cm³/mol. The van der Waals surface area contributed by atoms with E-state index in [0.717, 1.165) is 25.5 Å². The van der Waals surface area contributed by atoms with Gasteiger partial charge in [0.05, 0.1) is 31.4 Å². The number of guanidine groups is 1. The first-order valence-electron chi connectivity index (χ1n) is 9.14. The van der Waals surface area contributed by atoms with Crippen LogP contribution in [0.25, 0.3) is 0 Å². The van der Waals surface area contributed by atoms with Crippen LogP contribution in [-0.4, -0.2) is 37.4 Å². The van der Waals surface area contributed by atoms with E-state index in [-0.39, 0.29) is 0 Å². The van der Waals surface area contributed by atoms with Crippen molar-refractivity contribution in [2.24, 2.45) is 4.99 Å². The van der Waals surface area contributed by atoms with Crippen LogP contribution in [0.1, 0.15) is 44.2 Å². The Hall–Kier alpha value is -1.59. The summed E-state index contributed by atoms with van der Waals surface area (Å²) in [5.74, 6) is 0.886. The SMILES string of the molecule is CCNC(=NCc1ccc(COCC)cc1)NC1CC2CCC1O2.